The van der Waals surface area contributed by atoms with Gasteiger partial charge in [-0.3, -0.25) is 4.98 Å². The van der Waals surface area contributed by atoms with E-state index in [9.17, 15) is 0 Å². The van der Waals surface area contributed by atoms with Crippen LogP contribution in [-0.2, 0) is 0 Å². The monoisotopic (exact) mass is 313 g/mol. The molecule has 1 aromatic heterocycles. The zero-order valence-corrected chi connectivity index (χ0v) is 13.5. The van der Waals surface area contributed by atoms with Gasteiger partial charge in [0.15, 0.2) is 5.11 Å². The van der Waals surface area contributed by atoms with E-state index >= 15 is 0 Å². The highest BCUT2D eigenvalue weighted by Crippen LogP contribution is 2.39. The van der Waals surface area contributed by atoms with Crippen LogP contribution in [0.5, 0.6) is 5.75 Å². The zero-order chi connectivity index (χ0) is 15.6. The number of hydrogen-bond acceptors (Lipinski definition) is 3. The number of pyridine rings is 1. The lowest BCUT2D eigenvalue weighted by molar-refractivity contribution is 0.0697. The van der Waals surface area contributed by atoms with Crippen LogP contribution in [0, 0.1) is 0 Å². The molecule has 0 saturated heterocycles. The number of ether oxygens (including phenoxy) is 1. The van der Waals surface area contributed by atoms with Gasteiger partial charge in [-0.15, -0.1) is 0 Å². The van der Waals surface area contributed by atoms with E-state index in [4.69, 9.17) is 17.0 Å². The summed E-state index contributed by atoms with van der Waals surface area (Å²) in [5, 5.41) is 7.19. The molecule has 1 atom stereocenters. The number of anilines is 1. The molecule has 2 N–H and O–H groups in total. The van der Waals surface area contributed by atoms with Gasteiger partial charge in [0.2, 0.25) is 0 Å². The highest BCUT2D eigenvalue weighted by atomic mass is 32.1. The Kier molecular flexibility index (Phi) is 3.98. The molecule has 1 aromatic carbocycles. The molecule has 4 nitrogen and oxygen atoms in total. The standard InChI is InChI=1S/C17H19N3OS/c1-17(2)11-14(13-5-3-4-6-15(13)21-17)20-16(22)19-12-7-9-18-10-8-12/h3-10,14H,11H2,1-2H3,(H2,18,19,20,22)/t14-/m0/s1. The summed E-state index contributed by atoms with van der Waals surface area (Å²) in [5.74, 6) is 0.919. The van der Waals surface area contributed by atoms with E-state index in [0.29, 0.717) is 5.11 Å². The number of rotatable bonds is 2. The summed E-state index contributed by atoms with van der Waals surface area (Å²) in [4.78, 5) is 4.00. The molecule has 0 radical (unpaired) electrons. The van der Waals surface area contributed by atoms with Crippen molar-refractivity contribution in [2.24, 2.45) is 0 Å². The van der Waals surface area contributed by atoms with Crippen molar-refractivity contribution in [3.63, 3.8) is 0 Å². The molecule has 2 heterocycles. The third-order valence-corrected chi connectivity index (χ3v) is 3.84. The van der Waals surface area contributed by atoms with E-state index in [0.717, 1.165) is 23.4 Å². The Hall–Kier alpha value is -2.14. The van der Waals surface area contributed by atoms with Crippen LogP contribution in [-0.4, -0.2) is 15.7 Å². The summed E-state index contributed by atoms with van der Waals surface area (Å²) >= 11 is 5.44. The lowest BCUT2D eigenvalue weighted by atomic mass is 9.90. The van der Waals surface area contributed by atoms with Crippen LogP contribution in [0.15, 0.2) is 48.8 Å². The summed E-state index contributed by atoms with van der Waals surface area (Å²) in [6.45, 7) is 4.19. The second kappa shape index (κ2) is 5.93. The lowest BCUT2D eigenvalue weighted by Crippen LogP contribution is -2.42. The fourth-order valence-electron chi connectivity index (χ4n) is 2.69. The maximum Gasteiger partial charge on any atom is 0.171 e. The first-order chi connectivity index (χ1) is 10.5. The summed E-state index contributed by atoms with van der Waals surface area (Å²) in [7, 11) is 0. The third-order valence-electron chi connectivity index (χ3n) is 3.62. The molecule has 1 aliphatic rings. The molecule has 114 valence electrons. The normalized spacial score (nSPS) is 18.7. The van der Waals surface area contributed by atoms with Crippen LogP contribution < -0.4 is 15.4 Å². The highest BCUT2D eigenvalue weighted by molar-refractivity contribution is 7.80. The first-order valence-corrected chi connectivity index (χ1v) is 7.70. The van der Waals surface area contributed by atoms with E-state index in [-0.39, 0.29) is 11.6 Å². The van der Waals surface area contributed by atoms with Gasteiger partial charge in [0.05, 0.1) is 6.04 Å². The van der Waals surface area contributed by atoms with E-state index in [1.165, 1.54) is 0 Å². The van der Waals surface area contributed by atoms with Gasteiger partial charge in [-0.2, -0.15) is 0 Å². The molecular formula is C17H19N3OS. The summed E-state index contributed by atoms with van der Waals surface area (Å²) < 4.78 is 6.04. The van der Waals surface area contributed by atoms with Crippen LogP contribution in [0.2, 0.25) is 0 Å². The molecule has 0 saturated carbocycles. The SMILES string of the molecule is CC1(C)C[C@H](NC(=S)Nc2ccncc2)c2ccccc2O1. The van der Waals surface area contributed by atoms with Crippen LogP contribution in [0.3, 0.4) is 0 Å². The quantitative estimate of drug-likeness (QED) is 0.828. The summed E-state index contributed by atoms with van der Waals surface area (Å²) in [6, 6.07) is 12.0. The van der Waals surface area contributed by atoms with Gasteiger partial charge in [0, 0.05) is 30.1 Å². The Bertz CT molecular complexity index is 673. The van der Waals surface area contributed by atoms with Gasteiger partial charge in [0.1, 0.15) is 11.4 Å². The molecular weight excluding hydrogens is 294 g/mol. The van der Waals surface area contributed by atoms with Crippen molar-refractivity contribution < 1.29 is 4.74 Å². The van der Waals surface area contributed by atoms with E-state index < -0.39 is 0 Å². The smallest absolute Gasteiger partial charge is 0.171 e. The topological polar surface area (TPSA) is 46.2 Å². The predicted octanol–water partition coefficient (Wildman–Crippen LogP) is 3.67. The molecule has 22 heavy (non-hydrogen) atoms. The molecule has 2 aromatic rings. The van der Waals surface area contributed by atoms with Crippen molar-refractivity contribution in [1.29, 1.82) is 0 Å². The minimum atomic E-state index is -0.224. The molecule has 0 aliphatic carbocycles. The Labute approximate surface area is 135 Å². The molecule has 0 bridgehead atoms. The number of thiocarbonyl (C=S) groups is 1. The van der Waals surface area contributed by atoms with Gasteiger partial charge in [0.25, 0.3) is 0 Å². The Morgan fingerprint density at radius 2 is 1.95 bits per heavy atom. The van der Waals surface area contributed by atoms with Crippen molar-refractivity contribution in [2.45, 2.75) is 31.9 Å². The van der Waals surface area contributed by atoms with Crippen LogP contribution in [0.1, 0.15) is 31.9 Å². The summed E-state index contributed by atoms with van der Waals surface area (Å²) in [6.07, 6.45) is 4.32. The van der Waals surface area contributed by atoms with Gasteiger partial charge < -0.3 is 15.4 Å². The minimum absolute atomic E-state index is 0.127. The number of para-hydroxylation sites is 1. The summed E-state index contributed by atoms with van der Waals surface area (Å²) in [5.41, 5.74) is 1.84. The largest absolute Gasteiger partial charge is 0.487 e. The van der Waals surface area contributed by atoms with Crippen LogP contribution in [0.4, 0.5) is 5.69 Å². The number of benzene rings is 1. The predicted molar refractivity (Wildman–Crippen MR) is 92.1 cm³/mol. The third kappa shape index (κ3) is 3.36. The van der Waals surface area contributed by atoms with Crippen molar-refractivity contribution >= 4 is 23.0 Å². The van der Waals surface area contributed by atoms with Crippen LogP contribution >= 0.6 is 12.2 Å². The molecule has 0 amide bonds. The lowest BCUT2D eigenvalue weighted by Gasteiger charge is -2.38. The Morgan fingerprint density at radius 3 is 2.73 bits per heavy atom. The van der Waals surface area contributed by atoms with Crippen LogP contribution in [0.25, 0.3) is 0 Å². The molecule has 1 aliphatic heterocycles. The highest BCUT2D eigenvalue weighted by Gasteiger charge is 2.33. The fourth-order valence-corrected chi connectivity index (χ4v) is 2.95. The van der Waals surface area contributed by atoms with Crippen molar-refractivity contribution in [1.82, 2.24) is 10.3 Å². The van der Waals surface area contributed by atoms with Crippen molar-refractivity contribution in [2.75, 3.05) is 5.32 Å². The Balaban J connectivity index is 1.75. The second-order valence-corrected chi connectivity index (χ2v) is 6.40. The van der Waals surface area contributed by atoms with Crippen molar-refractivity contribution in [3.8, 4) is 5.75 Å². The number of nitrogens with one attached hydrogen (secondary N) is 2. The van der Waals surface area contributed by atoms with E-state index in [2.05, 4.69) is 35.5 Å². The minimum Gasteiger partial charge on any atom is -0.487 e. The number of aromatic nitrogens is 1. The second-order valence-electron chi connectivity index (χ2n) is 5.99. The number of hydrogen-bond donors (Lipinski definition) is 2. The first-order valence-electron chi connectivity index (χ1n) is 7.29. The van der Waals surface area contributed by atoms with E-state index in [1.54, 1.807) is 12.4 Å². The zero-order valence-electron chi connectivity index (χ0n) is 12.7. The Morgan fingerprint density at radius 1 is 1.23 bits per heavy atom. The molecule has 0 spiro atoms. The number of nitrogens with zero attached hydrogens (tertiary/aromatic N) is 1. The maximum atomic E-state index is 6.04. The first kappa shape index (κ1) is 14.8. The van der Waals surface area contributed by atoms with Crippen molar-refractivity contribution in [3.05, 3.63) is 54.4 Å². The molecule has 0 fully saturated rings. The number of fused-ring (bicyclic) bond motifs is 1. The molecule has 0 unspecified atom stereocenters. The molecule has 5 heteroatoms. The van der Waals surface area contributed by atoms with Gasteiger partial charge in [-0.1, -0.05) is 18.2 Å². The average Bonchev–Trinajstić information content (AvgIpc) is 2.47. The van der Waals surface area contributed by atoms with E-state index in [1.807, 2.05) is 30.3 Å². The van der Waals surface area contributed by atoms with Gasteiger partial charge in [-0.05, 0) is 44.3 Å². The van der Waals surface area contributed by atoms with Gasteiger partial charge >= 0.3 is 0 Å². The molecule has 3 rings (SSSR count). The maximum absolute atomic E-state index is 6.04. The average molecular weight is 313 g/mol. The fraction of sp³-hybridized carbons (Fsp3) is 0.294. The van der Waals surface area contributed by atoms with Gasteiger partial charge in [-0.25, -0.2) is 0 Å².